The van der Waals surface area contributed by atoms with Crippen molar-refractivity contribution in [2.45, 2.75) is 24.9 Å². The molecule has 2 aromatic carbocycles. The average molecular weight is 410 g/mol. The molecule has 0 heterocycles. The Hall–Kier alpha value is -3.62. The van der Waals surface area contributed by atoms with Gasteiger partial charge in [0.1, 0.15) is 12.1 Å². The van der Waals surface area contributed by atoms with Crippen molar-refractivity contribution in [2.75, 3.05) is 0 Å². The first-order valence-corrected chi connectivity index (χ1v) is 9.10. The molecule has 0 saturated carbocycles. The van der Waals surface area contributed by atoms with Crippen molar-refractivity contribution in [3.05, 3.63) is 82.9 Å². The number of carboxylic acid groups (broad SMARTS) is 2. The standard InChI is InChI=1S/C22H22N2O6/c23-17(21(27)28)11-13-5-1-3-7-15(13)19(25)9-10-20(26)16-8-4-2-6-14(16)12-18(24)22(29)30/h1-10,17-18H,11-12,23-24H2,(H,27,28)(H,29,30)/b10-9-. The van der Waals surface area contributed by atoms with Crippen molar-refractivity contribution in [1.29, 1.82) is 0 Å². The Morgan fingerprint density at radius 3 is 1.37 bits per heavy atom. The highest BCUT2D eigenvalue weighted by atomic mass is 16.4. The first-order chi connectivity index (χ1) is 14.2. The lowest BCUT2D eigenvalue weighted by molar-refractivity contribution is -0.139. The van der Waals surface area contributed by atoms with Crippen molar-refractivity contribution in [1.82, 2.24) is 0 Å². The number of carbonyl (C=O) groups excluding carboxylic acids is 2. The van der Waals surface area contributed by atoms with E-state index in [4.69, 9.17) is 21.7 Å². The molecule has 2 rings (SSSR count). The van der Waals surface area contributed by atoms with Crippen molar-refractivity contribution in [3.63, 3.8) is 0 Å². The number of allylic oxidation sites excluding steroid dienone is 2. The van der Waals surface area contributed by atoms with E-state index in [1.807, 2.05) is 0 Å². The molecule has 0 fully saturated rings. The van der Waals surface area contributed by atoms with Crippen LogP contribution in [0, 0.1) is 0 Å². The molecule has 0 bridgehead atoms. The summed E-state index contributed by atoms with van der Waals surface area (Å²) in [4.78, 5) is 47.1. The maximum Gasteiger partial charge on any atom is 0.320 e. The topological polar surface area (TPSA) is 161 Å². The van der Waals surface area contributed by atoms with Crippen LogP contribution in [0.2, 0.25) is 0 Å². The van der Waals surface area contributed by atoms with Crippen molar-refractivity contribution in [2.24, 2.45) is 11.5 Å². The second kappa shape index (κ2) is 10.2. The number of nitrogens with two attached hydrogens (primary N) is 2. The minimum atomic E-state index is -1.18. The predicted molar refractivity (Wildman–Crippen MR) is 109 cm³/mol. The molecule has 2 unspecified atom stereocenters. The third-order valence-corrected chi connectivity index (χ3v) is 4.47. The van der Waals surface area contributed by atoms with Gasteiger partial charge in [0.25, 0.3) is 0 Å². The fraction of sp³-hybridized carbons (Fsp3) is 0.182. The van der Waals surface area contributed by atoms with Gasteiger partial charge in [-0.15, -0.1) is 0 Å². The van der Waals surface area contributed by atoms with E-state index in [-0.39, 0.29) is 24.0 Å². The Morgan fingerprint density at radius 2 is 1.03 bits per heavy atom. The summed E-state index contributed by atoms with van der Waals surface area (Å²) in [6.45, 7) is 0. The highest BCUT2D eigenvalue weighted by Gasteiger charge is 2.18. The van der Waals surface area contributed by atoms with E-state index in [0.717, 1.165) is 12.2 Å². The Kier molecular flexibility index (Phi) is 7.74. The van der Waals surface area contributed by atoms with Crippen molar-refractivity contribution in [3.8, 4) is 0 Å². The van der Waals surface area contributed by atoms with Crippen molar-refractivity contribution >= 4 is 23.5 Å². The number of ketones is 2. The van der Waals surface area contributed by atoms with Crippen LogP contribution >= 0.6 is 0 Å². The number of rotatable bonds is 10. The second-order valence-corrected chi connectivity index (χ2v) is 6.67. The lowest BCUT2D eigenvalue weighted by Gasteiger charge is -2.10. The quantitative estimate of drug-likeness (QED) is 0.336. The van der Waals surface area contributed by atoms with Crippen LogP contribution in [0.1, 0.15) is 31.8 Å². The van der Waals surface area contributed by atoms with Gasteiger partial charge in [-0.2, -0.15) is 0 Å². The first kappa shape index (κ1) is 22.7. The molecule has 0 aliphatic heterocycles. The van der Waals surface area contributed by atoms with E-state index in [0.29, 0.717) is 11.1 Å². The summed E-state index contributed by atoms with van der Waals surface area (Å²) in [6.07, 6.45) is 2.13. The molecule has 2 atom stereocenters. The molecular weight excluding hydrogens is 388 g/mol. The number of carboxylic acids is 2. The highest BCUT2D eigenvalue weighted by Crippen LogP contribution is 2.15. The van der Waals surface area contributed by atoms with Gasteiger partial charge in [0.2, 0.25) is 0 Å². The van der Waals surface area contributed by atoms with Crippen LogP contribution in [0.3, 0.4) is 0 Å². The predicted octanol–water partition coefficient (Wildman–Crippen LogP) is 1.22. The summed E-state index contributed by atoms with van der Waals surface area (Å²) in [5.74, 6) is -3.31. The maximum absolute atomic E-state index is 12.6. The molecule has 156 valence electrons. The molecule has 30 heavy (non-hydrogen) atoms. The lowest BCUT2D eigenvalue weighted by atomic mass is 9.96. The van der Waals surface area contributed by atoms with Gasteiger partial charge in [0.05, 0.1) is 0 Å². The van der Waals surface area contributed by atoms with Crippen molar-refractivity contribution < 1.29 is 29.4 Å². The summed E-state index contributed by atoms with van der Waals surface area (Å²) < 4.78 is 0. The fourth-order valence-corrected chi connectivity index (χ4v) is 2.86. The van der Waals surface area contributed by atoms with E-state index < -0.39 is 35.6 Å². The van der Waals surface area contributed by atoms with E-state index in [2.05, 4.69) is 0 Å². The molecule has 8 heteroatoms. The third-order valence-electron chi connectivity index (χ3n) is 4.47. The summed E-state index contributed by atoms with van der Waals surface area (Å²) in [5.41, 5.74) is 12.5. The van der Waals surface area contributed by atoms with Crippen LogP contribution in [0.4, 0.5) is 0 Å². The summed E-state index contributed by atoms with van der Waals surface area (Å²) in [7, 11) is 0. The molecular formula is C22H22N2O6. The zero-order valence-electron chi connectivity index (χ0n) is 16.0. The average Bonchev–Trinajstić information content (AvgIpc) is 2.72. The monoisotopic (exact) mass is 410 g/mol. The molecule has 0 amide bonds. The number of hydrogen-bond donors (Lipinski definition) is 4. The molecule has 0 radical (unpaired) electrons. The zero-order valence-corrected chi connectivity index (χ0v) is 16.0. The molecule has 6 N–H and O–H groups in total. The van der Waals surface area contributed by atoms with Crippen LogP contribution in [-0.2, 0) is 22.4 Å². The van der Waals surface area contributed by atoms with Crippen LogP contribution < -0.4 is 11.5 Å². The van der Waals surface area contributed by atoms with Gasteiger partial charge < -0.3 is 21.7 Å². The van der Waals surface area contributed by atoms with E-state index >= 15 is 0 Å². The number of benzene rings is 2. The highest BCUT2D eigenvalue weighted by molar-refractivity contribution is 6.12. The normalized spacial score (nSPS) is 13.0. The minimum absolute atomic E-state index is 0.0328. The molecule has 0 aromatic heterocycles. The summed E-state index contributed by atoms with van der Waals surface area (Å²) >= 11 is 0. The van der Waals surface area contributed by atoms with Gasteiger partial charge >= 0.3 is 11.9 Å². The SMILES string of the molecule is NC(Cc1ccccc1C(=O)/C=C\C(=O)c1ccccc1CC(N)C(=O)O)C(=O)O. The van der Waals surface area contributed by atoms with Crippen LogP contribution in [0.5, 0.6) is 0 Å². The summed E-state index contributed by atoms with van der Waals surface area (Å²) in [5, 5.41) is 18.0. The minimum Gasteiger partial charge on any atom is -0.480 e. The van der Waals surface area contributed by atoms with E-state index in [1.165, 1.54) is 12.1 Å². The summed E-state index contributed by atoms with van der Waals surface area (Å²) in [6, 6.07) is 10.5. The molecule has 0 aliphatic carbocycles. The smallest absolute Gasteiger partial charge is 0.320 e. The molecule has 2 aromatic rings. The lowest BCUT2D eigenvalue weighted by Crippen LogP contribution is -2.32. The van der Waals surface area contributed by atoms with Gasteiger partial charge in [-0.25, -0.2) is 0 Å². The second-order valence-electron chi connectivity index (χ2n) is 6.67. The molecule has 8 nitrogen and oxygen atoms in total. The van der Waals surface area contributed by atoms with Gasteiger partial charge in [-0.3, -0.25) is 19.2 Å². The Balaban J connectivity index is 2.21. The zero-order chi connectivity index (χ0) is 22.3. The van der Waals surface area contributed by atoms with Crippen LogP contribution in [-0.4, -0.2) is 45.8 Å². The fourth-order valence-electron chi connectivity index (χ4n) is 2.86. The molecule has 0 aliphatic rings. The van der Waals surface area contributed by atoms with E-state index in [9.17, 15) is 19.2 Å². The van der Waals surface area contributed by atoms with Gasteiger partial charge in [0.15, 0.2) is 11.6 Å². The molecule has 0 saturated heterocycles. The van der Waals surface area contributed by atoms with Crippen LogP contribution in [0.25, 0.3) is 0 Å². The first-order valence-electron chi connectivity index (χ1n) is 9.10. The Labute approximate surface area is 172 Å². The largest absolute Gasteiger partial charge is 0.480 e. The van der Waals surface area contributed by atoms with Gasteiger partial charge in [0, 0.05) is 11.1 Å². The number of aliphatic carboxylic acids is 2. The van der Waals surface area contributed by atoms with E-state index in [1.54, 1.807) is 36.4 Å². The van der Waals surface area contributed by atoms with Gasteiger partial charge in [-0.1, -0.05) is 48.5 Å². The number of carbonyl (C=O) groups is 4. The number of hydrogen-bond acceptors (Lipinski definition) is 6. The Bertz CT molecular complexity index is 919. The maximum atomic E-state index is 12.6. The Morgan fingerprint density at radius 1 is 0.700 bits per heavy atom. The van der Waals surface area contributed by atoms with Gasteiger partial charge in [-0.05, 0) is 36.1 Å². The van der Waals surface area contributed by atoms with Crippen LogP contribution in [0.15, 0.2) is 60.7 Å². The third kappa shape index (κ3) is 5.94. The molecule has 0 spiro atoms.